The zero-order valence-corrected chi connectivity index (χ0v) is 12.3. The quantitative estimate of drug-likeness (QED) is 0.658. The summed E-state index contributed by atoms with van der Waals surface area (Å²) in [5.74, 6) is -2.62. The van der Waals surface area contributed by atoms with E-state index >= 15 is 0 Å². The van der Waals surface area contributed by atoms with Crippen LogP contribution in [-0.4, -0.2) is 47.4 Å². The molecule has 1 fully saturated rings. The summed E-state index contributed by atoms with van der Waals surface area (Å²) in [6.45, 7) is -1.09. The number of alkyl halides is 3. The van der Waals surface area contributed by atoms with Gasteiger partial charge >= 0.3 is 12.1 Å². The van der Waals surface area contributed by atoms with Gasteiger partial charge in [0.1, 0.15) is 11.5 Å². The molecule has 0 saturated carbocycles. The van der Waals surface area contributed by atoms with Gasteiger partial charge in [0.05, 0.1) is 6.07 Å². The molecular weight excluding hydrogens is 335 g/mol. The van der Waals surface area contributed by atoms with E-state index in [-0.39, 0.29) is 31.7 Å². The summed E-state index contributed by atoms with van der Waals surface area (Å²) in [5.41, 5.74) is 0. The first kappa shape index (κ1) is 17.8. The largest absolute Gasteiger partial charge is 0.433 e. The SMILES string of the molecule is O=C(NCC(F)(F)F)C1CCN(C(=O)c2ccc([N+](=O)[O-])o2)CC1. The number of amides is 2. The fraction of sp³-hybridized carbons (Fsp3) is 0.538. The van der Waals surface area contributed by atoms with E-state index in [1.165, 1.54) is 11.0 Å². The first-order chi connectivity index (χ1) is 11.2. The molecule has 8 nitrogen and oxygen atoms in total. The molecule has 2 rings (SSSR count). The molecule has 0 unspecified atom stereocenters. The topological polar surface area (TPSA) is 106 Å². The molecule has 0 spiro atoms. The van der Waals surface area contributed by atoms with Crippen LogP contribution in [0, 0.1) is 16.0 Å². The van der Waals surface area contributed by atoms with Crippen LogP contribution in [0.1, 0.15) is 23.4 Å². The van der Waals surface area contributed by atoms with Gasteiger partial charge in [0.2, 0.25) is 5.91 Å². The Morgan fingerprint density at radius 3 is 2.46 bits per heavy atom. The van der Waals surface area contributed by atoms with E-state index in [1.807, 2.05) is 5.32 Å². The van der Waals surface area contributed by atoms with Crippen LogP contribution in [0.25, 0.3) is 0 Å². The molecule has 0 aliphatic carbocycles. The second kappa shape index (κ2) is 6.89. The number of carbonyl (C=O) groups is 2. The summed E-state index contributed by atoms with van der Waals surface area (Å²) in [5, 5.41) is 12.3. The number of halogens is 3. The minimum absolute atomic E-state index is 0.150. The van der Waals surface area contributed by atoms with Crippen LogP contribution in [0.5, 0.6) is 0 Å². The van der Waals surface area contributed by atoms with E-state index in [1.54, 1.807) is 0 Å². The van der Waals surface area contributed by atoms with Crippen molar-refractivity contribution in [1.82, 2.24) is 10.2 Å². The van der Waals surface area contributed by atoms with Gasteiger partial charge in [-0.25, -0.2) is 0 Å². The van der Waals surface area contributed by atoms with Crippen LogP contribution >= 0.6 is 0 Å². The van der Waals surface area contributed by atoms with Crippen molar-refractivity contribution < 1.29 is 32.1 Å². The Kier molecular flexibility index (Phi) is 5.10. The van der Waals surface area contributed by atoms with Gasteiger partial charge in [-0.05, 0) is 18.9 Å². The number of piperidine rings is 1. The van der Waals surface area contributed by atoms with Crippen molar-refractivity contribution in [2.24, 2.45) is 5.92 Å². The van der Waals surface area contributed by atoms with E-state index in [9.17, 15) is 32.9 Å². The minimum Gasteiger partial charge on any atom is -0.395 e. The highest BCUT2D eigenvalue weighted by Crippen LogP contribution is 2.22. The van der Waals surface area contributed by atoms with Crippen molar-refractivity contribution in [3.63, 3.8) is 0 Å². The van der Waals surface area contributed by atoms with Gasteiger partial charge < -0.3 is 14.6 Å². The van der Waals surface area contributed by atoms with Gasteiger partial charge in [-0.15, -0.1) is 0 Å². The number of nitro groups is 1. The number of carbonyl (C=O) groups excluding carboxylic acids is 2. The number of nitrogens with zero attached hydrogens (tertiary/aromatic N) is 2. The third-order valence-corrected chi connectivity index (χ3v) is 3.60. The number of rotatable bonds is 4. The molecular formula is C13H14F3N3O5. The Morgan fingerprint density at radius 2 is 1.96 bits per heavy atom. The van der Waals surface area contributed by atoms with Crippen molar-refractivity contribution in [2.45, 2.75) is 19.0 Å². The lowest BCUT2D eigenvalue weighted by atomic mass is 9.95. The molecule has 0 atom stereocenters. The molecule has 0 radical (unpaired) electrons. The molecule has 0 aromatic carbocycles. The van der Waals surface area contributed by atoms with E-state index in [0.717, 1.165) is 6.07 Å². The second-order valence-electron chi connectivity index (χ2n) is 5.29. The van der Waals surface area contributed by atoms with Crippen LogP contribution in [0.15, 0.2) is 16.5 Å². The highest BCUT2D eigenvalue weighted by molar-refractivity contribution is 5.92. The van der Waals surface area contributed by atoms with Crippen LogP contribution in [0.4, 0.5) is 19.1 Å². The summed E-state index contributed by atoms with van der Waals surface area (Å²) in [7, 11) is 0. The van der Waals surface area contributed by atoms with Crippen LogP contribution in [0.2, 0.25) is 0 Å². The van der Waals surface area contributed by atoms with Crippen LogP contribution < -0.4 is 5.32 Å². The maximum absolute atomic E-state index is 12.1. The van der Waals surface area contributed by atoms with E-state index in [2.05, 4.69) is 0 Å². The van der Waals surface area contributed by atoms with Gasteiger partial charge in [0, 0.05) is 19.0 Å². The summed E-state index contributed by atoms with van der Waals surface area (Å²) in [4.78, 5) is 34.9. The Bertz CT molecular complexity index is 635. The Hall–Kier alpha value is -2.59. The number of nitrogens with one attached hydrogen (secondary N) is 1. The third-order valence-electron chi connectivity index (χ3n) is 3.60. The van der Waals surface area contributed by atoms with Gasteiger partial charge in [0.25, 0.3) is 5.91 Å². The normalized spacial score (nSPS) is 16.0. The molecule has 2 heterocycles. The molecule has 24 heavy (non-hydrogen) atoms. The van der Waals surface area contributed by atoms with Gasteiger partial charge in [-0.2, -0.15) is 13.2 Å². The first-order valence-electron chi connectivity index (χ1n) is 7.05. The minimum atomic E-state index is -4.47. The average Bonchev–Trinajstić information content (AvgIpc) is 3.01. The predicted molar refractivity (Wildman–Crippen MR) is 73.1 cm³/mol. The molecule has 1 N–H and O–H groups in total. The van der Waals surface area contributed by atoms with Crippen molar-refractivity contribution in [3.8, 4) is 0 Å². The molecule has 2 amide bonds. The van der Waals surface area contributed by atoms with Crippen molar-refractivity contribution in [1.29, 1.82) is 0 Å². The van der Waals surface area contributed by atoms with E-state index < -0.39 is 41.3 Å². The van der Waals surface area contributed by atoms with Gasteiger partial charge in [-0.3, -0.25) is 19.7 Å². The lowest BCUT2D eigenvalue weighted by Crippen LogP contribution is -2.44. The number of furan rings is 1. The highest BCUT2D eigenvalue weighted by Gasteiger charge is 2.32. The lowest BCUT2D eigenvalue weighted by molar-refractivity contribution is -0.402. The molecule has 0 bridgehead atoms. The van der Waals surface area contributed by atoms with Gasteiger partial charge in [0.15, 0.2) is 5.76 Å². The second-order valence-corrected chi connectivity index (χ2v) is 5.29. The number of likely N-dealkylation sites (tertiary alicyclic amines) is 1. The molecule has 132 valence electrons. The summed E-state index contributed by atoms with van der Waals surface area (Å²) in [6.07, 6.45) is -4.06. The van der Waals surface area contributed by atoms with Crippen molar-refractivity contribution in [3.05, 3.63) is 28.0 Å². The summed E-state index contributed by atoms with van der Waals surface area (Å²) < 4.78 is 41.0. The average molecular weight is 349 g/mol. The Balaban J connectivity index is 1.86. The van der Waals surface area contributed by atoms with Crippen molar-refractivity contribution >= 4 is 17.7 Å². The predicted octanol–water partition coefficient (Wildman–Crippen LogP) is 1.72. The lowest BCUT2D eigenvalue weighted by Gasteiger charge is -2.30. The molecule has 1 aliphatic heterocycles. The fourth-order valence-corrected chi connectivity index (χ4v) is 2.37. The van der Waals surface area contributed by atoms with Crippen LogP contribution in [-0.2, 0) is 4.79 Å². The zero-order chi connectivity index (χ0) is 17.9. The molecule has 1 saturated heterocycles. The standard InChI is InChI=1S/C13H14F3N3O5/c14-13(15,16)7-17-11(20)8-3-5-18(6-4-8)12(21)9-1-2-10(24-9)19(22)23/h1-2,8H,3-7H2,(H,17,20). The molecule has 11 heteroatoms. The monoisotopic (exact) mass is 349 g/mol. The third kappa shape index (κ3) is 4.46. The highest BCUT2D eigenvalue weighted by atomic mass is 19.4. The van der Waals surface area contributed by atoms with E-state index in [0.29, 0.717) is 0 Å². The number of hydrogen-bond acceptors (Lipinski definition) is 5. The van der Waals surface area contributed by atoms with Gasteiger partial charge in [-0.1, -0.05) is 0 Å². The smallest absolute Gasteiger partial charge is 0.395 e. The maximum atomic E-state index is 12.1. The summed E-state index contributed by atoms with van der Waals surface area (Å²) in [6, 6.07) is 2.24. The van der Waals surface area contributed by atoms with Crippen LogP contribution in [0.3, 0.4) is 0 Å². The first-order valence-corrected chi connectivity index (χ1v) is 7.05. The Morgan fingerprint density at radius 1 is 1.33 bits per heavy atom. The Labute approximate surface area is 133 Å². The molecule has 1 aromatic rings. The summed E-state index contributed by atoms with van der Waals surface area (Å²) >= 11 is 0. The molecule has 1 aromatic heterocycles. The fourth-order valence-electron chi connectivity index (χ4n) is 2.37. The van der Waals surface area contributed by atoms with E-state index in [4.69, 9.17) is 4.42 Å². The molecule has 1 aliphatic rings. The maximum Gasteiger partial charge on any atom is 0.433 e. The zero-order valence-electron chi connectivity index (χ0n) is 12.3. The number of hydrogen-bond donors (Lipinski definition) is 1. The van der Waals surface area contributed by atoms with Crippen molar-refractivity contribution in [2.75, 3.05) is 19.6 Å².